The number of sulfone groups is 1. The molecule has 1 aromatic heterocycles. The smallest absolute Gasteiger partial charge is 0.209 e. The molecule has 1 N–H and O–H groups in total. The normalized spacial score (nSPS) is 18.9. The third-order valence-electron chi connectivity index (χ3n) is 5.09. The van der Waals surface area contributed by atoms with Gasteiger partial charge in [-0.05, 0) is 55.6 Å². The number of hydrogen-bond donors (Lipinski definition) is 1. The van der Waals surface area contributed by atoms with Crippen molar-refractivity contribution in [3.63, 3.8) is 0 Å². The molecule has 0 amide bonds. The highest BCUT2D eigenvalue weighted by Crippen LogP contribution is 2.26. The third kappa shape index (κ3) is 5.20. The molecule has 1 aromatic carbocycles. The molecule has 0 aliphatic carbocycles. The zero-order chi connectivity index (χ0) is 20.5. The van der Waals surface area contributed by atoms with Crippen molar-refractivity contribution in [1.82, 2.24) is 14.7 Å². The highest BCUT2D eigenvalue weighted by atomic mass is 32.2. The number of anilines is 2. The number of hydrogen-bond acceptors (Lipinski definition) is 7. The predicted molar refractivity (Wildman–Crippen MR) is 119 cm³/mol. The van der Waals surface area contributed by atoms with Crippen LogP contribution < -0.4 is 5.32 Å². The molecule has 3 rings (SSSR count). The first kappa shape index (κ1) is 21.4. The van der Waals surface area contributed by atoms with Gasteiger partial charge < -0.3 is 5.32 Å². The van der Waals surface area contributed by atoms with E-state index in [0.29, 0.717) is 23.0 Å². The monoisotopic (exact) mass is 440 g/mol. The molecule has 2 aromatic rings. The van der Waals surface area contributed by atoms with Gasteiger partial charge in [-0.2, -0.15) is 0 Å². The molecule has 0 radical (unpaired) electrons. The zero-order valence-corrected chi connectivity index (χ0v) is 19.3. The Morgan fingerprint density at radius 3 is 2.79 bits per heavy atom. The van der Waals surface area contributed by atoms with E-state index in [0.717, 1.165) is 17.4 Å². The molecule has 1 fully saturated rings. The Morgan fingerprint density at radius 1 is 1.39 bits per heavy atom. The molecule has 6 nitrogen and oxygen atoms in total. The Balaban J connectivity index is 1.79. The van der Waals surface area contributed by atoms with Crippen LogP contribution in [0.25, 0.3) is 0 Å². The van der Waals surface area contributed by atoms with E-state index < -0.39 is 9.84 Å². The van der Waals surface area contributed by atoms with E-state index in [-0.39, 0.29) is 17.5 Å². The fourth-order valence-electron chi connectivity index (χ4n) is 3.47. The van der Waals surface area contributed by atoms with E-state index in [1.807, 2.05) is 12.1 Å². The van der Waals surface area contributed by atoms with E-state index in [1.54, 1.807) is 4.68 Å². The van der Waals surface area contributed by atoms with Crippen molar-refractivity contribution in [2.45, 2.75) is 46.8 Å². The van der Waals surface area contributed by atoms with Gasteiger partial charge in [0.2, 0.25) is 5.13 Å². The minimum Gasteiger partial charge on any atom is -0.330 e. The molecule has 1 atom stereocenters. The van der Waals surface area contributed by atoms with Gasteiger partial charge in [0.1, 0.15) is 0 Å². The SMILES string of the molecule is Cc1cccc(Nc2nn(CN(CC(C)C)[C@@H]3CCS(=O)(=O)C3)c(=S)s2)c1C. The van der Waals surface area contributed by atoms with Crippen LogP contribution in [0.4, 0.5) is 10.8 Å². The van der Waals surface area contributed by atoms with Crippen molar-refractivity contribution >= 4 is 44.2 Å². The van der Waals surface area contributed by atoms with Gasteiger partial charge in [-0.15, -0.1) is 5.10 Å². The Morgan fingerprint density at radius 2 is 2.14 bits per heavy atom. The van der Waals surface area contributed by atoms with Crippen LogP contribution in [0, 0.1) is 23.7 Å². The van der Waals surface area contributed by atoms with E-state index in [1.165, 1.54) is 22.5 Å². The summed E-state index contributed by atoms with van der Waals surface area (Å²) in [5.41, 5.74) is 3.43. The first-order valence-electron chi connectivity index (χ1n) is 9.50. The van der Waals surface area contributed by atoms with Crippen LogP contribution in [0.5, 0.6) is 0 Å². The zero-order valence-electron chi connectivity index (χ0n) is 16.8. The molecule has 0 bridgehead atoms. The van der Waals surface area contributed by atoms with Crippen LogP contribution in [0.1, 0.15) is 31.4 Å². The maximum atomic E-state index is 11.9. The molecular formula is C19H28N4O2S3. The lowest BCUT2D eigenvalue weighted by atomic mass is 10.1. The summed E-state index contributed by atoms with van der Waals surface area (Å²) in [7, 11) is -2.93. The number of aryl methyl sites for hydroxylation is 1. The first-order valence-corrected chi connectivity index (χ1v) is 12.5. The summed E-state index contributed by atoms with van der Waals surface area (Å²) in [5, 5.41) is 8.79. The highest BCUT2D eigenvalue weighted by molar-refractivity contribution is 7.91. The van der Waals surface area contributed by atoms with Gasteiger partial charge >= 0.3 is 0 Å². The van der Waals surface area contributed by atoms with Crippen LogP contribution in [0.15, 0.2) is 18.2 Å². The van der Waals surface area contributed by atoms with E-state index in [4.69, 9.17) is 12.2 Å². The van der Waals surface area contributed by atoms with E-state index in [9.17, 15) is 8.42 Å². The van der Waals surface area contributed by atoms with Crippen molar-refractivity contribution in [1.29, 1.82) is 0 Å². The van der Waals surface area contributed by atoms with E-state index in [2.05, 4.69) is 49.1 Å². The Kier molecular flexibility index (Phi) is 6.58. The summed E-state index contributed by atoms with van der Waals surface area (Å²) >= 11 is 6.97. The lowest BCUT2D eigenvalue weighted by Gasteiger charge is -2.29. The summed E-state index contributed by atoms with van der Waals surface area (Å²) in [6, 6.07) is 6.17. The molecule has 0 unspecified atom stereocenters. The number of nitrogens with one attached hydrogen (secondary N) is 1. The second kappa shape index (κ2) is 8.61. The van der Waals surface area contributed by atoms with Crippen LogP contribution in [-0.4, -0.2) is 47.2 Å². The van der Waals surface area contributed by atoms with Crippen molar-refractivity contribution in [2.24, 2.45) is 5.92 Å². The number of benzene rings is 1. The fourth-order valence-corrected chi connectivity index (χ4v) is 6.24. The largest absolute Gasteiger partial charge is 0.330 e. The minimum atomic E-state index is -2.93. The summed E-state index contributed by atoms with van der Waals surface area (Å²) < 4.78 is 26.4. The van der Waals surface area contributed by atoms with Crippen LogP contribution in [0.2, 0.25) is 0 Å². The molecule has 154 valence electrons. The molecule has 0 spiro atoms. The lowest BCUT2D eigenvalue weighted by Crippen LogP contribution is -2.40. The van der Waals surface area contributed by atoms with Crippen LogP contribution in [-0.2, 0) is 16.5 Å². The van der Waals surface area contributed by atoms with Gasteiger partial charge in [0, 0.05) is 18.3 Å². The Bertz CT molecular complexity index is 995. The second-order valence-corrected chi connectivity index (χ2v) is 11.8. The Labute approximate surface area is 176 Å². The van der Waals surface area contributed by atoms with Gasteiger partial charge in [-0.1, -0.05) is 37.3 Å². The van der Waals surface area contributed by atoms with Crippen LogP contribution >= 0.6 is 23.6 Å². The van der Waals surface area contributed by atoms with Crippen molar-refractivity contribution in [3.05, 3.63) is 33.3 Å². The van der Waals surface area contributed by atoms with Crippen molar-refractivity contribution in [3.8, 4) is 0 Å². The van der Waals surface area contributed by atoms with Crippen molar-refractivity contribution in [2.75, 3.05) is 23.4 Å². The standard InChI is InChI=1S/C19H28N4O2S3/c1-13(2)10-22(16-8-9-28(24,25)11-16)12-23-19(26)27-18(21-23)20-17-7-5-6-14(3)15(17)4/h5-7,13,16H,8-12H2,1-4H3,(H,20,21)/t16-/m1/s1. The highest BCUT2D eigenvalue weighted by Gasteiger charge is 2.32. The predicted octanol–water partition coefficient (Wildman–Crippen LogP) is 4.14. The fraction of sp³-hybridized carbons (Fsp3) is 0.579. The topological polar surface area (TPSA) is 67.2 Å². The summed E-state index contributed by atoms with van der Waals surface area (Å²) in [4.78, 5) is 2.21. The maximum absolute atomic E-state index is 11.9. The second-order valence-electron chi connectivity index (χ2n) is 7.91. The quantitative estimate of drug-likeness (QED) is 0.653. The average molecular weight is 441 g/mol. The summed E-state index contributed by atoms with van der Waals surface area (Å²) in [6.07, 6.45) is 0.681. The molecule has 1 aliphatic heterocycles. The minimum absolute atomic E-state index is 0.0337. The summed E-state index contributed by atoms with van der Waals surface area (Å²) in [5.74, 6) is 0.933. The molecule has 1 aliphatic rings. The van der Waals surface area contributed by atoms with Crippen LogP contribution in [0.3, 0.4) is 0 Å². The molecule has 1 saturated heterocycles. The number of aromatic nitrogens is 2. The molecule has 0 saturated carbocycles. The van der Waals surface area contributed by atoms with E-state index >= 15 is 0 Å². The number of rotatable bonds is 7. The van der Waals surface area contributed by atoms with Gasteiger partial charge in [-0.3, -0.25) is 4.90 Å². The molecular weight excluding hydrogens is 412 g/mol. The van der Waals surface area contributed by atoms with Crippen molar-refractivity contribution < 1.29 is 8.42 Å². The molecule has 28 heavy (non-hydrogen) atoms. The number of nitrogens with zero attached hydrogens (tertiary/aromatic N) is 3. The lowest BCUT2D eigenvalue weighted by molar-refractivity contribution is 0.138. The van der Waals surface area contributed by atoms with Gasteiger partial charge in [0.15, 0.2) is 13.8 Å². The van der Waals surface area contributed by atoms with Gasteiger partial charge in [-0.25, -0.2) is 13.1 Å². The maximum Gasteiger partial charge on any atom is 0.209 e. The first-order chi connectivity index (χ1) is 13.1. The van der Waals surface area contributed by atoms with Gasteiger partial charge in [0.25, 0.3) is 0 Å². The average Bonchev–Trinajstić information content (AvgIpc) is 3.13. The summed E-state index contributed by atoms with van der Waals surface area (Å²) in [6.45, 7) is 9.79. The Hall–Kier alpha value is -1.29. The third-order valence-corrected chi connectivity index (χ3v) is 8.07. The molecule has 9 heteroatoms. The van der Waals surface area contributed by atoms with Gasteiger partial charge in [0.05, 0.1) is 18.2 Å². The molecule has 2 heterocycles.